The van der Waals surface area contributed by atoms with Crippen molar-refractivity contribution in [1.82, 2.24) is 16.0 Å². The molecular formula is C28H48N3O18P. The number of amides is 3. The lowest BCUT2D eigenvalue weighted by Gasteiger charge is -2.45. The van der Waals surface area contributed by atoms with Crippen molar-refractivity contribution in [3.63, 3.8) is 0 Å². The van der Waals surface area contributed by atoms with Crippen molar-refractivity contribution in [2.45, 2.75) is 100 Å². The fraction of sp³-hybridized carbons (Fsp3) is 0.893. The first kappa shape index (κ1) is 42.4. The number of carbonyl (C=O) groups excluding carboxylic acids is 3. The summed E-state index contributed by atoms with van der Waals surface area (Å²) in [6, 6.07) is -3.63. The van der Waals surface area contributed by atoms with E-state index < -0.39 is 137 Å². The maximum Gasteiger partial charge on any atom is 0.488 e. The maximum atomic E-state index is 12.3. The SMILES string of the molecule is CC(=O)NC1[C@H](COC[C@H]2C(CO)O[C@@H](COC[C@@H]3C(CO)O[C@@H](O)C(NC(C)=O)[C@H]3O)C(NC(C)=O)[C@H]2O[P+](=O)[O-])OC(CO)[C@@H](O)[C@@H]1O. The van der Waals surface area contributed by atoms with Gasteiger partial charge >= 0.3 is 8.25 Å². The Kier molecular flexibility index (Phi) is 16.7. The molecule has 3 rings (SSSR count). The van der Waals surface area contributed by atoms with Gasteiger partial charge in [-0.3, -0.25) is 14.4 Å². The molecule has 0 aromatic heterocycles. The fourth-order valence-electron chi connectivity index (χ4n) is 6.46. The Morgan fingerprint density at radius 1 is 0.620 bits per heavy atom. The van der Waals surface area contributed by atoms with E-state index in [0.717, 1.165) is 6.92 Å². The van der Waals surface area contributed by atoms with Crippen LogP contribution in [0, 0.1) is 11.8 Å². The molecule has 3 aliphatic heterocycles. The number of carbonyl (C=O) groups is 3. The third-order valence-corrected chi connectivity index (χ3v) is 9.22. The Hall–Kier alpha value is -2.05. The molecule has 3 fully saturated rings. The Bertz CT molecular complexity index is 1140. The lowest BCUT2D eigenvalue weighted by Crippen LogP contribution is -2.65. The van der Waals surface area contributed by atoms with E-state index in [1.807, 2.05) is 0 Å². The van der Waals surface area contributed by atoms with Crippen molar-refractivity contribution in [3.05, 3.63) is 0 Å². The summed E-state index contributed by atoms with van der Waals surface area (Å²) in [5, 5.41) is 79.0. The summed E-state index contributed by atoms with van der Waals surface area (Å²) in [6.45, 7) is 0.0886. The van der Waals surface area contributed by atoms with Gasteiger partial charge in [0.15, 0.2) is 6.29 Å². The number of hydrogen-bond donors (Lipinski definition) is 10. The summed E-state index contributed by atoms with van der Waals surface area (Å²) in [4.78, 5) is 47.5. The average molecular weight is 746 g/mol. The first-order valence-electron chi connectivity index (χ1n) is 15.9. The zero-order valence-corrected chi connectivity index (χ0v) is 28.6. The van der Waals surface area contributed by atoms with E-state index in [-0.39, 0.29) is 26.4 Å². The lowest BCUT2D eigenvalue weighted by molar-refractivity contribution is -0.249. The Labute approximate surface area is 288 Å². The van der Waals surface area contributed by atoms with Gasteiger partial charge in [0, 0.05) is 32.6 Å². The number of hydrogen-bond acceptors (Lipinski definition) is 18. The molecule has 0 spiro atoms. The van der Waals surface area contributed by atoms with Gasteiger partial charge < -0.3 is 80.3 Å². The van der Waals surface area contributed by atoms with Gasteiger partial charge in [0.25, 0.3) is 0 Å². The molecule has 0 bridgehead atoms. The number of rotatable bonds is 16. The zero-order valence-electron chi connectivity index (χ0n) is 27.7. The van der Waals surface area contributed by atoms with E-state index in [4.69, 9.17) is 28.2 Å². The smallest absolute Gasteiger partial charge is 0.488 e. The highest BCUT2D eigenvalue weighted by atomic mass is 31.1. The highest BCUT2D eigenvalue weighted by Crippen LogP contribution is 2.34. The van der Waals surface area contributed by atoms with E-state index in [0.29, 0.717) is 0 Å². The van der Waals surface area contributed by atoms with Crippen LogP contribution in [0.5, 0.6) is 0 Å². The van der Waals surface area contributed by atoms with Crippen LogP contribution < -0.4 is 20.8 Å². The molecule has 10 N–H and O–H groups in total. The first-order valence-corrected chi connectivity index (χ1v) is 17.0. The van der Waals surface area contributed by atoms with E-state index in [9.17, 15) is 59.6 Å². The molecular weight excluding hydrogens is 697 g/mol. The molecule has 288 valence electrons. The number of aliphatic hydroxyl groups excluding tert-OH is 7. The molecule has 0 aromatic carbocycles. The van der Waals surface area contributed by atoms with Crippen LogP contribution in [0.2, 0.25) is 0 Å². The van der Waals surface area contributed by atoms with Crippen LogP contribution in [-0.4, -0.2) is 179 Å². The average Bonchev–Trinajstić information content (AvgIpc) is 3.04. The van der Waals surface area contributed by atoms with Gasteiger partial charge in [0.1, 0.15) is 42.7 Å². The van der Waals surface area contributed by atoms with E-state index in [1.54, 1.807) is 0 Å². The molecule has 3 saturated heterocycles. The number of ether oxygens (including phenoxy) is 5. The van der Waals surface area contributed by atoms with Gasteiger partial charge in [-0.05, 0) is 4.57 Å². The van der Waals surface area contributed by atoms with Gasteiger partial charge in [0.05, 0.1) is 76.6 Å². The Morgan fingerprint density at radius 2 is 1.08 bits per heavy atom. The predicted octanol–water partition coefficient (Wildman–Crippen LogP) is -6.52. The van der Waals surface area contributed by atoms with Crippen LogP contribution in [0.15, 0.2) is 0 Å². The summed E-state index contributed by atoms with van der Waals surface area (Å²) in [6.07, 6.45) is -13.3. The molecule has 50 heavy (non-hydrogen) atoms. The monoisotopic (exact) mass is 745 g/mol. The molecule has 3 aliphatic rings. The molecule has 21 nitrogen and oxygen atoms in total. The minimum absolute atomic E-state index is 0.328. The van der Waals surface area contributed by atoms with Crippen molar-refractivity contribution >= 4 is 26.0 Å². The highest BCUT2D eigenvalue weighted by molar-refractivity contribution is 7.30. The summed E-state index contributed by atoms with van der Waals surface area (Å²) in [7, 11) is -3.54. The van der Waals surface area contributed by atoms with Gasteiger partial charge in [-0.25, -0.2) is 0 Å². The van der Waals surface area contributed by atoms with Crippen LogP contribution in [0.4, 0.5) is 0 Å². The van der Waals surface area contributed by atoms with Crippen molar-refractivity contribution in [3.8, 4) is 0 Å². The van der Waals surface area contributed by atoms with Gasteiger partial charge in [-0.2, -0.15) is 0 Å². The zero-order chi connectivity index (χ0) is 37.3. The summed E-state index contributed by atoms with van der Waals surface area (Å²) < 4.78 is 45.7. The number of nitrogens with one attached hydrogen (secondary N) is 3. The fourth-order valence-corrected chi connectivity index (χ4v) is 6.95. The van der Waals surface area contributed by atoms with Gasteiger partial charge in [0.2, 0.25) is 17.7 Å². The molecule has 0 radical (unpaired) electrons. The third kappa shape index (κ3) is 11.0. The van der Waals surface area contributed by atoms with Crippen LogP contribution in [0.1, 0.15) is 20.8 Å². The quantitative estimate of drug-likeness (QED) is 0.0657. The second kappa shape index (κ2) is 19.7. The molecule has 3 amide bonds. The standard InChI is InChI=1S/C28H48N3O18P/c1-11(35)29-21-19(47-18(6-34)25(39)26(21)40)9-45-8-15-17(5-33)46-20(22(30-12(2)36)27(15)49-50(42)43)10-44-7-14-16(4-32)48-28(41)23(24(14)38)31-13(3)37/h14-28,32-34,38-41H,4-10H2,1-3H3,(H,29,35)(H,30,36)(H,31,37)/t14-,15+,16?,17?,18?,19+,20+,21?,22?,23?,24+,25-,26-,27+,28-/m1/s1. The highest BCUT2D eigenvalue weighted by Gasteiger charge is 2.51. The molecule has 7 unspecified atom stereocenters. The first-order chi connectivity index (χ1) is 23.6. The van der Waals surface area contributed by atoms with Gasteiger partial charge in [-0.1, -0.05) is 0 Å². The molecule has 16 atom stereocenters. The second-order valence-electron chi connectivity index (χ2n) is 12.4. The minimum Gasteiger partial charge on any atom is -0.566 e. The molecule has 0 saturated carbocycles. The molecule has 0 aliphatic carbocycles. The van der Waals surface area contributed by atoms with Crippen molar-refractivity contribution < 1.29 is 87.8 Å². The van der Waals surface area contributed by atoms with Gasteiger partial charge in [-0.15, -0.1) is 4.52 Å². The topological polar surface area (TPSA) is 324 Å². The Balaban J connectivity index is 1.77. The molecule has 22 heteroatoms. The van der Waals surface area contributed by atoms with E-state index in [1.165, 1.54) is 13.8 Å². The van der Waals surface area contributed by atoms with Crippen molar-refractivity contribution in [2.75, 3.05) is 46.2 Å². The lowest BCUT2D eigenvalue weighted by atomic mass is 9.85. The molecule has 3 heterocycles. The van der Waals surface area contributed by atoms with Crippen LogP contribution in [-0.2, 0) is 47.2 Å². The van der Waals surface area contributed by atoms with Crippen molar-refractivity contribution in [1.29, 1.82) is 0 Å². The van der Waals surface area contributed by atoms with Crippen molar-refractivity contribution in [2.24, 2.45) is 11.8 Å². The maximum absolute atomic E-state index is 12.3. The third-order valence-electron chi connectivity index (χ3n) is 8.80. The van der Waals surface area contributed by atoms with E-state index >= 15 is 0 Å². The minimum atomic E-state index is -3.54. The van der Waals surface area contributed by atoms with E-state index in [2.05, 4.69) is 16.0 Å². The largest absolute Gasteiger partial charge is 0.566 e. The van der Waals surface area contributed by atoms with Crippen LogP contribution in [0.25, 0.3) is 0 Å². The number of aliphatic hydroxyl groups is 7. The molecule has 0 aromatic rings. The summed E-state index contributed by atoms with van der Waals surface area (Å²) in [5.74, 6) is -3.77. The Morgan fingerprint density at radius 3 is 1.60 bits per heavy atom. The predicted molar refractivity (Wildman–Crippen MR) is 161 cm³/mol. The second-order valence-corrected chi connectivity index (χ2v) is 13.0. The normalized spacial score (nSPS) is 39.3. The summed E-state index contributed by atoms with van der Waals surface area (Å²) in [5.41, 5.74) is 0. The summed E-state index contributed by atoms with van der Waals surface area (Å²) >= 11 is 0. The van der Waals surface area contributed by atoms with Crippen LogP contribution in [0.3, 0.4) is 0 Å². The van der Waals surface area contributed by atoms with Crippen LogP contribution >= 0.6 is 8.25 Å².